The molecule has 3 nitrogen and oxygen atoms in total. The van der Waals surface area contributed by atoms with Crippen LogP contribution in [-0.4, -0.2) is 19.7 Å². The topological polar surface area (TPSA) is 38.5 Å². The zero-order valence-electron chi connectivity index (χ0n) is 7.95. The van der Waals surface area contributed by atoms with Gasteiger partial charge in [0.25, 0.3) is 0 Å². The van der Waals surface area contributed by atoms with Crippen molar-refractivity contribution in [2.45, 2.75) is 13.0 Å². The van der Waals surface area contributed by atoms with Gasteiger partial charge in [-0.15, -0.1) is 0 Å². The second-order valence-electron chi connectivity index (χ2n) is 3.47. The van der Waals surface area contributed by atoms with Gasteiger partial charge in [-0.1, -0.05) is 6.07 Å². The van der Waals surface area contributed by atoms with Crippen LogP contribution in [0.25, 0.3) is 0 Å². The van der Waals surface area contributed by atoms with E-state index in [-0.39, 0.29) is 0 Å². The molecule has 1 atom stereocenters. The molecule has 2 N–H and O–H groups in total. The summed E-state index contributed by atoms with van der Waals surface area (Å²) >= 11 is 0. The lowest BCUT2D eigenvalue weighted by molar-refractivity contribution is 0.276. The Hall–Kier alpha value is -1.38. The van der Waals surface area contributed by atoms with Crippen molar-refractivity contribution in [3.8, 4) is 5.75 Å². The van der Waals surface area contributed by atoms with Crippen LogP contribution in [0.15, 0.2) is 18.2 Å². The summed E-state index contributed by atoms with van der Waals surface area (Å²) in [6.07, 6.45) is 0. The highest BCUT2D eigenvalue weighted by molar-refractivity contribution is 5.71. The number of benzene rings is 1. The lowest BCUT2D eigenvalue weighted by atomic mass is 10.1. The van der Waals surface area contributed by atoms with Crippen molar-refractivity contribution >= 4 is 11.4 Å². The average molecular weight is 178 g/mol. The van der Waals surface area contributed by atoms with Crippen LogP contribution in [-0.2, 0) is 0 Å². The third-order valence-corrected chi connectivity index (χ3v) is 2.53. The minimum atomic E-state index is 0.411. The number of hydrogen-bond donors (Lipinski definition) is 1. The maximum absolute atomic E-state index is 5.80. The van der Waals surface area contributed by atoms with Gasteiger partial charge in [0.1, 0.15) is 6.61 Å². The molecule has 3 heteroatoms. The molecule has 1 aliphatic rings. The molecule has 2 rings (SSSR count). The molecule has 0 spiro atoms. The van der Waals surface area contributed by atoms with Crippen LogP contribution in [0.3, 0.4) is 0 Å². The molecule has 13 heavy (non-hydrogen) atoms. The predicted octanol–water partition coefficient (Wildman–Crippen LogP) is 1.49. The quantitative estimate of drug-likeness (QED) is 0.612. The first kappa shape index (κ1) is 8.23. The van der Waals surface area contributed by atoms with E-state index < -0.39 is 0 Å². The molecule has 0 saturated heterocycles. The largest absolute Gasteiger partial charge is 0.487 e. The first-order chi connectivity index (χ1) is 6.20. The van der Waals surface area contributed by atoms with Gasteiger partial charge in [-0.2, -0.15) is 0 Å². The maximum Gasteiger partial charge on any atom is 0.165 e. The maximum atomic E-state index is 5.80. The van der Waals surface area contributed by atoms with E-state index in [1.54, 1.807) is 0 Å². The van der Waals surface area contributed by atoms with Crippen LogP contribution in [0, 0.1) is 0 Å². The summed E-state index contributed by atoms with van der Waals surface area (Å²) in [7, 11) is 2.06. The number of ether oxygens (including phenoxy) is 1. The number of rotatable bonds is 0. The van der Waals surface area contributed by atoms with E-state index in [1.165, 1.54) is 0 Å². The van der Waals surface area contributed by atoms with Crippen molar-refractivity contribution in [3.05, 3.63) is 18.2 Å². The van der Waals surface area contributed by atoms with Gasteiger partial charge in [0, 0.05) is 7.05 Å². The van der Waals surface area contributed by atoms with E-state index in [4.69, 9.17) is 10.5 Å². The molecule has 70 valence electrons. The Morgan fingerprint density at radius 3 is 3.08 bits per heavy atom. The Bertz CT molecular complexity index is 325. The first-order valence-electron chi connectivity index (χ1n) is 4.44. The summed E-state index contributed by atoms with van der Waals surface area (Å²) in [6, 6.07) is 6.25. The van der Waals surface area contributed by atoms with Gasteiger partial charge in [-0.3, -0.25) is 0 Å². The van der Waals surface area contributed by atoms with Crippen LogP contribution in [0.4, 0.5) is 11.4 Å². The fourth-order valence-corrected chi connectivity index (χ4v) is 1.53. The van der Waals surface area contributed by atoms with E-state index in [2.05, 4.69) is 18.9 Å². The van der Waals surface area contributed by atoms with Gasteiger partial charge in [-0.05, 0) is 19.1 Å². The summed E-state index contributed by atoms with van der Waals surface area (Å²) in [4.78, 5) is 2.19. The monoisotopic (exact) mass is 178 g/mol. The molecule has 0 amide bonds. The second-order valence-corrected chi connectivity index (χ2v) is 3.47. The van der Waals surface area contributed by atoms with Gasteiger partial charge in [-0.25, -0.2) is 0 Å². The number of nitrogens with two attached hydrogens (primary N) is 1. The van der Waals surface area contributed by atoms with Crippen LogP contribution < -0.4 is 15.4 Å². The molecule has 0 fully saturated rings. The molecular formula is C10H14N2O. The standard InChI is InChI=1S/C10H14N2O/c1-7-6-13-10-8(11)4-3-5-9(10)12(7)2/h3-5,7H,6,11H2,1-2H3. The summed E-state index contributed by atoms with van der Waals surface area (Å²) in [5.74, 6) is 0.822. The number of likely N-dealkylation sites (N-methyl/N-ethyl adjacent to an activating group) is 1. The van der Waals surface area contributed by atoms with E-state index in [0.29, 0.717) is 12.6 Å². The minimum Gasteiger partial charge on any atom is -0.487 e. The number of nitrogens with zero attached hydrogens (tertiary/aromatic N) is 1. The van der Waals surface area contributed by atoms with E-state index in [0.717, 1.165) is 17.1 Å². The minimum absolute atomic E-state index is 0.411. The SMILES string of the molecule is CC1COc2c(N)cccc2N1C. The van der Waals surface area contributed by atoms with Crippen molar-refractivity contribution in [2.24, 2.45) is 0 Å². The normalized spacial score (nSPS) is 20.8. The van der Waals surface area contributed by atoms with Gasteiger partial charge in [0.15, 0.2) is 5.75 Å². The van der Waals surface area contributed by atoms with Crippen molar-refractivity contribution < 1.29 is 4.74 Å². The van der Waals surface area contributed by atoms with Crippen molar-refractivity contribution in [1.82, 2.24) is 0 Å². The fourth-order valence-electron chi connectivity index (χ4n) is 1.53. The Morgan fingerprint density at radius 1 is 1.54 bits per heavy atom. The van der Waals surface area contributed by atoms with E-state index >= 15 is 0 Å². The Kier molecular flexibility index (Phi) is 1.79. The molecule has 1 aromatic rings. The third-order valence-electron chi connectivity index (χ3n) is 2.53. The molecule has 0 radical (unpaired) electrons. The number of fused-ring (bicyclic) bond motifs is 1. The zero-order valence-corrected chi connectivity index (χ0v) is 7.95. The van der Waals surface area contributed by atoms with E-state index in [1.807, 2.05) is 18.2 Å². The Labute approximate surface area is 78.1 Å². The number of anilines is 2. The summed E-state index contributed by atoms with van der Waals surface area (Å²) < 4.78 is 5.57. The zero-order chi connectivity index (χ0) is 9.42. The van der Waals surface area contributed by atoms with Gasteiger partial charge < -0.3 is 15.4 Å². The highest BCUT2D eigenvalue weighted by Gasteiger charge is 2.22. The lowest BCUT2D eigenvalue weighted by Gasteiger charge is -2.34. The fraction of sp³-hybridized carbons (Fsp3) is 0.400. The van der Waals surface area contributed by atoms with Crippen molar-refractivity contribution in [1.29, 1.82) is 0 Å². The highest BCUT2D eigenvalue weighted by Crippen LogP contribution is 2.37. The van der Waals surface area contributed by atoms with Crippen molar-refractivity contribution in [2.75, 3.05) is 24.3 Å². The van der Waals surface area contributed by atoms with Crippen LogP contribution >= 0.6 is 0 Å². The van der Waals surface area contributed by atoms with Gasteiger partial charge in [0.2, 0.25) is 0 Å². The number of para-hydroxylation sites is 1. The highest BCUT2D eigenvalue weighted by atomic mass is 16.5. The molecule has 1 aromatic carbocycles. The summed E-state index contributed by atoms with van der Waals surface area (Å²) in [5.41, 5.74) is 7.60. The van der Waals surface area contributed by atoms with Crippen LogP contribution in [0.5, 0.6) is 5.75 Å². The molecule has 0 bridgehead atoms. The van der Waals surface area contributed by atoms with Crippen LogP contribution in [0.2, 0.25) is 0 Å². The van der Waals surface area contributed by atoms with E-state index in [9.17, 15) is 0 Å². The third kappa shape index (κ3) is 1.20. The molecule has 0 saturated carbocycles. The summed E-state index contributed by atoms with van der Waals surface area (Å²) in [6.45, 7) is 2.84. The average Bonchev–Trinajstić information content (AvgIpc) is 2.12. The lowest BCUT2D eigenvalue weighted by Crippen LogP contribution is -2.38. The van der Waals surface area contributed by atoms with Gasteiger partial charge in [0.05, 0.1) is 17.4 Å². The Balaban J connectivity index is 2.49. The van der Waals surface area contributed by atoms with Crippen LogP contribution in [0.1, 0.15) is 6.92 Å². The number of nitrogen functional groups attached to an aromatic ring is 1. The smallest absolute Gasteiger partial charge is 0.165 e. The van der Waals surface area contributed by atoms with Gasteiger partial charge >= 0.3 is 0 Å². The molecule has 0 aliphatic carbocycles. The molecule has 1 heterocycles. The molecule has 0 aromatic heterocycles. The first-order valence-corrected chi connectivity index (χ1v) is 4.44. The predicted molar refractivity (Wildman–Crippen MR) is 54.2 cm³/mol. The number of hydrogen-bond acceptors (Lipinski definition) is 3. The van der Waals surface area contributed by atoms with Crippen molar-refractivity contribution in [3.63, 3.8) is 0 Å². The molecule has 1 aliphatic heterocycles. The second kappa shape index (κ2) is 2.83. The molecule has 1 unspecified atom stereocenters. The molecular weight excluding hydrogens is 164 g/mol. The Morgan fingerprint density at radius 2 is 2.31 bits per heavy atom. The summed E-state index contributed by atoms with van der Waals surface area (Å²) in [5, 5.41) is 0.